The van der Waals surface area contributed by atoms with Crippen molar-refractivity contribution in [3.8, 4) is 0 Å². The molecule has 0 spiro atoms. The Hall–Kier alpha value is -1.65. The number of halogens is 2. The monoisotopic (exact) mass is 293 g/mol. The van der Waals surface area contributed by atoms with Gasteiger partial charge in [0.15, 0.2) is 11.6 Å². The summed E-state index contributed by atoms with van der Waals surface area (Å²) in [5, 5.41) is 0.286. The topological polar surface area (TPSA) is 42.1 Å². The summed E-state index contributed by atoms with van der Waals surface area (Å²) in [5.74, 6) is -0.163. The van der Waals surface area contributed by atoms with Crippen molar-refractivity contribution in [2.75, 3.05) is 18.0 Å². The Labute approximate surface area is 123 Å². The van der Waals surface area contributed by atoms with Crippen LogP contribution in [-0.2, 0) is 0 Å². The maximum Gasteiger partial charge on any atom is 0.169 e. The number of rotatable bonds is 5. The number of hydrogen-bond donors (Lipinski definition) is 1. The van der Waals surface area contributed by atoms with Crippen LogP contribution in [0.15, 0.2) is 36.5 Å². The molecule has 2 N–H and O–H groups in total. The van der Waals surface area contributed by atoms with Crippen molar-refractivity contribution in [1.29, 1.82) is 0 Å². The molecule has 20 heavy (non-hydrogen) atoms. The standard InChI is InChI=1S/C15H17ClFN3/c1-11-4-2-5-13(8-11)20(7-3-6-18)15-14(17)9-12(16)10-19-15/h2,4-5,8-10H,3,6-7,18H2,1H3. The van der Waals surface area contributed by atoms with Crippen LogP contribution < -0.4 is 10.6 Å². The number of hydrogen-bond acceptors (Lipinski definition) is 3. The van der Waals surface area contributed by atoms with Gasteiger partial charge in [-0.25, -0.2) is 9.37 Å². The summed E-state index contributed by atoms with van der Waals surface area (Å²) in [7, 11) is 0. The van der Waals surface area contributed by atoms with Crippen LogP contribution in [0.1, 0.15) is 12.0 Å². The molecule has 0 saturated heterocycles. The third kappa shape index (κ3) is 3.46. The van der Waals surface area contributed by atoms with E-state index in [4.69, 9.17) is 17.3 Å². The van der Waals surface area contributed by atoms with E-state index in [1.807, 2.05) is 36.1 Å². The summed E-state index contributed by atoms with van der Waals surface area (Å²) >= 11 is 5.76. The molecule has 1 heterocycles. The van der Waals surface area contributed by atoms with Crippen LogP contribution in [0.3, 0.4) is 0 Å². The van der Waals surface area contributed by atoms with E-state index in [0.29, 0.717) is 13.1 Å². The van der Waals surface area contributed by atoms with Gasteiger partial charge in [-0.3, -0.25) is 0 Å². The van der Waals surface area contributed by atoms with Crippen LogP contribution >= 0.6 is 11.6 Å². The predicted molar refractivity (Wildman–Crippen MR) is 81.1 cm³/mol. The lowest BCUT2D eigenvalue weighted by molar-refractivity contribution is 0.616. The first kappa shape index (κ1) is 14.8. The Balaban J connectivity index is 2.41. The quantitative estimate of drug-likeness (QED) is 0.914. The first-order valence-corrected chi connectivity index (χ1v) is 6.85. The SMILES string of the molecule is Cc1cccc(N(CCCN)c2ncc(Cl)cc2F)c1. The van der Waals surface area contributed by atoms with Crippen molar-refractivity contribution in [1.82, 2.24) is 4.98 Å². The van der Waals surface area contributed by atoms with Gasteiger partial charge in [-0.05, 0) is 43.7 Å². The zero-order chi connectivity index (χ0) is 14.5. The molecule has 3 nitrogen and oxygen atoms in total. The second kappa shape index (κ2) is 6.68. The summed E-state index contributed by atoms with van der Waals surface area (Å²) in [4.78, 5) is 5.94. The van der Waals surface area contributed by atoms with Crippen LogP contribution in [0.5, 0.6) is 0 Å². The summed E-state index contributed by atoms with van der Waals surface area (Å²) in [6.45, 7) is 3.14. The third-order valence-electron chi connectivity index (χ3n) is 2.94. The van der Waals surface area contributed by atoms with Gasteiger partial charge in [-0.2, -0.15) is 0 Å². The highest BCUT2D eigenvalue weighted by molar-refractivity contribution is 6.30. The first-order chi connectivity index (χ1) is 9.61. The second-order valence-corrected chi connectivity index (χ2v) is 5.03. The van der Waals surface area contributed by atoms with Gasteiger partial charge < -0.3 is 10.6 Å². The van der Waals surface area contributed by atoms with E-state index in [1.165, 1.54) is 12.3 Å². The average Bonchev–Trinajstić information content (AvgIpc) is 2.41. The fourth-order valence-corrected chi connectivity index (χ4v) is 2.15. The molecule has 0 fully saturated rings. The third-order valence-corrected chi connectivity index (χ3v) is 3.15. The molecule has 106 valence electrons. The molecule has 5 heteroatoms. The molecule has 0 unspecified atom stereocenters. The molecule has 2 aromatic rings. The molecule has 0 atom stereocenters. The zero-order valence-corrected chi connectivity index (χ0v) is 12.1. The Kier molecular flexibility index (Phi) is 4.93. The number of aromatic nitrogens is 1. The highest BCUT2D eigenvalue weighted by Crippen LogP contribution is 2.28. The van der Waals surface area contributed by atoms with Crippen molar-refractivity contribution in [2.45, 2.75) is 13.3 Å². The molecule has 0 bridgehead atoms. The van der Waals surface area contributed by atoms with Crippen molar-refractivity contribution >= 4 is 23.1 Å². The van der Waals surface area contributed by atoms with Crippen molar-refractivity contribution in [3.63, 3.8) is 0 Å². The Morgan fingerprint density at radius 2 is 2.15 bits per heavy atom. The predicted octanol–water partition coefficient (Wildman–Crippen LogP) is 3.67. The Morgan fingerprint density at radius 1 is 1.35 bits per heavy atom. The molecule has 2 rings (SSSR count). The Morgan fingerprint density at radius 3 is 2.80 bits per heavy atom. The van der Waals surface area contributed by atoms with Gasteiger partial charge >= 0.3 is 0 Å². The lowest BCUT2D eigenvalue weighted by Crippen LogP contribution is -2.23. The highest BCUT2D eigenvalue weighted by atomic mass is 35.5. The van der Waals surface area contributed by atoms with Gasteiger partial charge in [0, 0.05) is 18.4 Å². The first-order valence-electron chi connectivity index (χ1n) is 6.47. The minimum Gasteiger partial charge on any atom is -0.330 e. The molecule has 1 aromatic carbocycles. The number of pyridine rings is 1. The molecule has 1 aromatic heterocycles. The molecule has 0 aliphatic rings. The smallest absolute Gasteiger partial charge is 0.169 e. The fourth-order valence-electron chi connectivity index (χ4n) is 2.01. The fraction of sp³-hybridized carbons (Fsp3) is 0.267. The van der Waals surface area contributed by atoms with Gasteiger partial charge in [-0.15, -0.1) is 0 Å². The van der Waals surface area contributed by atoms with Crippen LogP contribution in [-0.4, -0.2) is 18.1 Å². The van der Waals surface area contributed by atoms with Crippen molar-refractivity contribution in [3.05, 3.63) is 52.9 Å². The highest BCUT2D eigenvalue weighted by Gasteiger charge is 2.15. The minimum atomic E-state index is -0.434. The van der Waals surface area contributed by atoms with Crippen LogP contribution in [0.25, 0.3) is 0 Å². The summed E-state index contributed by atoms with van der Waals surface area (Å²) in [6.07, 6.45) is 2.20. The van der Waals surface area contributed by atoms with Gasteiger partial charge in [0.25, 0.3) is 0 Å². The van der Waals surface area contributed by atoms with Crippen LogP contribution in [0, 0.1) is 12.7 Å². The minimum absolute atomic E-state index is 0.272. The molecule has 0 radical (unpaired) electrons. The molecule has 0 amide bonds. The number of benzene rings is 1. The van der Waals surface area contributed by atoms with Crippen molar-refractivity contribution in [2.24, 2.45) is 5.73 Å². The van der Waals surface area contributed by atoms with Crippen LogP contribution in [0.2, 0.25) is 5.02 Å². The maximum atomic E-state index is 14.1. The molecular weight excluding hydrogens is 277 g/mol. The number of aryl methyl sites for hydroxylation is 1. The molecule has 0 aliphatic carbocycles. The van der Waals surface area contributed by atoms with E-state index >= 15 is 0 Å². The van der Waals surface area contributed by atoms with E-state index in [9.17, 15) is 4.39 Å². The van der Waals surface area contributed by atoms with Gasteiger partial charge in [0.2, 0.25) is 0 Å². The zero-order valence-electron chi connectivity index (χ0n) is 11.3. The molecular formula is C15H17ClFN3. The van der Waals surface area contributed by atoms with Crippen molar-refractivity contribution < 1.29 is 4.39 Å². The second-order valence-electron chi connectivity index (χ2n) is 4.59. The van der Waals surface area contributed by atoms with E-state index in [1.54, 1.807) is 0 Å². The number of anilines is 2. The summed E-state index contributed by atoms with van der Waals surface area (Å²) < 4.78 is 14.1. The average molecular weight is 294 g/mol. The molecule has 0 saturated carbocycles. The van der Waals surface area contributed by atoms with E-state index in [-0.39, 0.29) is 10.8 Å². The van der Waals surface area contributed by atoms with E-state index < -0.39 is 5.82 Å². The lowest BCUT2D eigenvalue weighted by atomic mass is 10.2. The lowest BCUT2D eigenvalue weighted by Gasteiger charge is -2.24. The maximum absolute atomic E-state index is 14.1. The van der Waals surface area contributed by atoms with E-state index in [0.717, 1.165) is 17.7 Å². The normalized spacial score (nSPS) is 10.6. The summed E-state index contributed by atoms with van der Waals surface area (Å²) in [6, 6.07) is 9.13. The van der Waals surface area contributed by atoms with Gasteiger partial charge in [-0.1, -0.05) is 23.7 Å². The summed E-state index contributed by atoms with van der Waals surface area (Å²) in [5.41, 5.74) is 7.56. The van der Waals surface area contributed by atoms with Crippen LogP contribution in [0.4, 0.5) is 15.9 Å². The number of nitrogens with two attached hydrogens (primary N) is 1. The van der Waals surface area contributed by atoms with Gasteiger partial charge in [0.05, 0.1) is 5.02 Å². The molecule has 0 aliphatic heterocycles. The van der Waals surface area contributed by atoms with E-state index in [2.05, 4.69) is 4.98 Å². The van der Waals surface area contributed by atoms with Gasteiger partial charge in [0.1, 0.15) is 0 Å². The largest absolute Gasteiger partial charge is 0.330 e. The Bertz CT molecular complexity index is 589. The number of nitrogens with zero attached hydrogens (tertiary/aromatic N) is 2.